The molecule has 0 aliphatic carbocycles. The first-order valence-corrected chi connectivity index (χ1v) is 13.3. The van der Waals surface area contributed by atoms with Gasteiger partial charge in [-0.05, 0) is 54.7 Å². The Balaban J connectivity index is 1.58. The SMILES string of the molecule is CN(C(=O)CC(C)(C)C)c1ccc2c(c1)nc(NC(=O)Nc1ccc(C#N)cc1F)n2CCCN1CCCC1=O. The summed E-state index contributed by atoms with van der Waals surface area (Å²) in [5.41, 5.74) is 1.89. The standard InChI is InChI=1S/C29H34FN7O3/c1-29(2,3)17-26(39)35(4)20-9-11-24-23(16-20)32-27(37(24)14-6-13-36-12-5-7-25(36)38)34-28(40)33-22-10-8-19(18-31)15-21(22)30/h8-11,15-16H,5-7,12-14,17H2,1-4H3,(H2,32,33,34,40). The molecule has 1 aliphatic heterocycles. The van der Waals surface area contributed by atoms with Crippen molar-refractivity contribution in [2.24, 2.45) is 5.41 Å². The number of amides is 4. The van der Waals surface area contributed by atoms with E-state index in [2.05, 4.69) is 15.6 Å². The summed E-state index contributed by atoms with van der Waals surface area (Å²) in [4.78, 5) is 45.7. The maximum atomic E-state index is 14.3. The van der Waals surface area contributed by atoms with Gasteiger partial charge in [0, 0.05) is 45.2 Å². The number of aromatic nitrogens is 2. The molecule has 1 saturated heterocycles. The number of benzene rings is 2. The summed E-state index contributed by atoms with van der Waals surface area (Å²) in [6.45, 7) is 7.82. The number of rotatable bonds is 8. The Morgan fingerprint density at radius 3 is 2.58 bits per heavy atom. The van der Waals surface area contributed by atoms with Gasteiger partial charge in [0.05, 0.1) is 28.4 Å². The minimum Gasteiger partial charge on any atom is -0.343 e. The number of likely N-dealkylation sites (tertiary alicyclic amines) is 1. The van der Waals surface area contributed by atoms with Crippen LogP contribution in [0.25, 0.3) is 11.0 Å². The monoisotopic (exact) mass is 547 g/mol. The molecule has 0 bridgehead atoms. The fourth-order valence-electron chi connectivity index (χ4n) is 4.67. The van der Waals surface area contributed by atoms with Gasteiger partial charge in [-0.1, -0.05) is 20.8 Å². The molecule has 4 amide bonds. The zero-order valence-electron chi connectivity index (χ0n) is 23.3. The molecule has 0 spiro atoms. The minimum absolute atomic E-state index is 0.0243. The molecular formula is C29H34FN7O3. The van der Waals surface area contributed by atoms with Gasteiger partial charge in [0.1, 0.15) is 5.82 Å². The van der Waals surface area contributed by atoms with Gasteiger partial charge >= 0.3 is 6.03 Å². The predicted octanol–water partition coefficient (Wildman–Crippen LogP) is 5.10. The number of fused-ring (bicyclic) bond motifs is 1. The lowest BCUT2D eigenvalue weighted by molar-refractivity contribution is -0.127. The number of halogens is 1. The highest BCUT2D eigenvalue weighted by Crippen LogP contribution is 2.28. The molecular weight excluding hydrogens is 513 g/mol. The van der Waals surface area contributed by atoms with Crippen molar-refractivity contribution >= 4 is 46.2 Å². The van der Waals surface area contributed by atoms with E-state index < -0.39 is 11.8 Å². The highest BCUT2D eigenvalue weighted by molar-refractivity contribution is 6.00. The van der Waals surface area contributed by atoms with Crippen LogP contribution in [0, 0.1) is 22.6 Å². The third-order valence-electron chi connectivity index (χ3n) is 6.73. The van der Waals surface area contributed by atoms with Crippen LogP contribution >= 0.6 is 0 Å². The first kappa shape index (κ1) is 28.5. The Bertz CT molecular complexity index is 1490. The molecule has 1 aromatic heterocycles. The summed E-state index contributed by atoms with van der Waals surface area (Å²) in [5, 5.41) is 14.1. The van der Waals surface area contributed by atoms with Crippen LogP contribution in [-0.2, 0) is 16.1 Å². The number of anilines is 3. The molecule has 3 aromatic rings. The van der Waals surface area contributed by atoms with Crippen LogP contribution in [0.4, 0.5) is 26.5 Å². The van der Waals surface area contributed by atoms with Gasteiger partial charge in [0.15, 0.2) is 0 Å². The van der Waals surface area contributed by atoms with Crippen LogP contribution in [0.1, 0.15) is 52.0 Å². The maximum Gasteiger partial charge on any atom is 0.326 e. The van der Waals surface area contributed by atoms with Gasteiger partial charge in [0.25, 0.3) is 0 Å². The smallest absolute Gasteiger partial charge is 0.326 e. The summed E-state index contributed by atoms with van der Waals surface area (Å²) < 4.78 is 16.2. The Morgan fingerprint density at radius 1 is 1.15 bits per heavy atom. The van der Waals surface area contributed by atoms with Gasteiger partial charge in [-0.15, -0.1) is 0 Å². The van der Waals surface area contributed by atoms with Crippen molar-refractivity contribution in [1.82, 2.24) is 14.5 Å². The summed E-state index contributed by atoms with van der Waals surface area (Å²) in [7, 11) is 1.72. The number of nitrogens with one attached hydrogen (secondary N) is 2. The van der Waals surface area contributed by atoms with E-state index >= 15 is 0 Å². The summed E-state index contributed by atoms with van der Waals surface area (Å²) in [6.07, 6.45) is 2.45. The van der Waals surface area contributed by atoms with Crippen LogP contribution in [0.5, 0.6) is 0 Å². The highest BCUT2D eigenvalue weighted by Gasteiger charge is 2.22. The fraction of sp³-hybridized carbons (Fsp3) is 0.414. The van der Waals surface area contributed by atoms with Gasteiger partial charge in [-0.2, -0.15) is 5.26 Å². The number of nitriles is 1. The van der Waals surface area contributed by atoms with Crippen molar-refractivity contribution in [3.8, 4) is 6.07 Å². The number of aryl methyl sites for hydroxylation is 1. The van der Waals surface area contributed by atoms with Crippen LogP contribution in [0.3, 0.4) is 0 Å². The van der Waals surface area contributed by atoms with Gasteiger partial charge in [0.2, 0.25) is 17.8 Å². The van der Waals surface area contributed by atoms with Crippen LogP contribution in [-0.4, -0.2) is 52.4 Å². The van der Waals surface area contributed by atoms with E-state index in [1.807, 2.05) is 48.4 Å². The first-order chi connectivity index (χ1) is 18.9. The number of carbonyl (C=O) groups is 3. The van der Waals surface area contributed by atoms with Crippen LogP contribution < -0.4 is 15.5 Å². The number of nitrogens with zero attached hydrogens (tertiary/aromatic N) is 5. The van der Waals surface area contributed by atoms with Crippen molar-refractivity contribution in [3.63, 3.8) is 0 Å². The summed E-state index contributed by atoms with van der Waals surface area (Å²) in [6, 6.07) is 10.4. The molecule has 0 unspecified atom stereocenters. The van der Waals surface area contributed by atoms with Gasteiger partial charge in [-0.25, -0.2) is 14.2 Å². The summed E-state index contributed by atoms with van der Waals surface area (Å²) in [5.74, 6) is -0.366. The number of urea groups is 1. The third kappa shape index (κ3) is 6.75. The van der Waals surface area contributed by atoms with E-state index in [0.29, 0.717) is 43.6 Å². The molecule has 2 aromatic carbocycles. The van der Waals surface area contributed by atoms with Crippen molar-refractivity contribution in [2.45, 2.75) is 53.0 Å². The molecule has 1 aliphatic rings. The lowest BCUT2D eigenvalue weighted by Gasteiger charge is -2.23. The maximum absolute atomic E-state index is 14.3. The zero-order chi connectivity index (χ0) is 29.0. The van der Waals surface area contributed by atoms with E-state index in [-0.39, 0.29) is 34.4 Å². The zero-order valence-corrected chi connectivity index (χ0v) is 23.3. The average Bonchev–Trinajstić information content (AvgIpc) is 3.45. The second-order valence-electron chi connectivity index (χ2n) is 11.2. The predicted molar refractivity (Wildman–Crippen MR) is 151 cm³/mol. The Kier molecular flexibility index (Phi) is 8.38. The second-order valence-corrected chi connectivity index (χ2v) is 11.2. The quantitative estimate of drug-likeness (QED) is 0.406. The lowest BCUT2D eigenvalue weighted by atomic mass is 9.91. The Morgan fingerprint density at radius 2 is 1.93 bits per heavy atom. The average molecular weight is 548 g/mol. The third-order valence-corrected chi connectivity index (χ3v) is 6.73. The van der Waals surface area contributed by atoms with Crippen molar-refractivity contribution in [2.75, 3.05) is 35.7 Å². The number of hydrogen-bond donors (Lipinski definition) is 2. The van der Waals surface area contributed by atoms with Gasteiger partial charge < -0.3 is 19.7 Å². The molecule has 210 valence electrons. The number of hydrogen-bond acceptors (Lipinski definition) is 5. The molecule has 1 fully saturated rings. The molecule has 11 heteroatoms. The normalized spacial score (nSPS) is 13.4. The molecule has 0 atom stereocenters. The second kappa shape index (κ2) is 11.7. The molecule has 0 saturated carbocycles. The van der Waals surface area contributed by atoms with Crippen molar-refractivity contribution < 1.29 is 18.8 Å². The first-order valence-electron chi connectivity index (χ1n) is 13.3. The molecule has 10 nitrogen and oxygen atoms in total. The van der Waals surface area contributed by atoms with Crippen LogP contribution in [0.15, 0.2) is 36.4 Å². The Labute approximate surface area is 232 Å². The fourth-order valence-corrected chi connectivity index (χ4v) is 4.67. The summed E-state index contributed by atoms with van der Waals surface area (Å²) >= 11 is 0. The molecule has 40 heavy (non-hydrogen) atoms. The topological polar surface area (TPSA) is 123 Å². The molecule has 4 rings (SSSR count). The van der Waals surface area contributed by atoms with Gasteiger partial charge in [-0.3, -0.25) is 14.9 Å². The lowest BCUT2D eigenvalue weighted by Crippen LogP contribution is -2.29. The number of carbonyl (C=O) groups excluding carboxylic acids is 3. The van der Waals surface area contributed by atoms with E-state index in [0.717, 1.165) is 24.5 Å². The van der Waals surface area contributed by atoms with Crippen LogP contribution in [0.2, 0.25) is 0 Å². The van der Waals surface area contributed by atoms with E-state index in [1.165, 1.54) is 12.1 Å². The Hall–Kier alpha value is -4.46. The molecule has 2 N–H and O–H groups in total. The van der Waals surface area contributed by atoms with E-state index in [4.69, 9.17) is 5.26 Å². The minimum atomic E-state index is -0.731. The highest BCUT2D eigenvalue weighted by atomic mass is 19.1. The van der Waals surface area contributed by atoms with E-state index in [1.54, 1.807) is 18.0 Å². The number of imidazole rings is 1. The molecule has 2 heterocycles. The largest absolute Gasteiger partial charge is 0.343 e. The van der Waals surface area contributed by atoms with Crippen molar-refractivity contribution in [1.29, 1.82) is 5.26 Å². The van der Waals surface area contributed by atoms with E-state index in [9.17, 15) is 18.8 Å². The van der Waals surface area contributed by atoms with Crippen molar-refractivity contribution in [3.05, 3.63) is 47.8 Å². The molecule has 0 radical (unpaired) electrons.